The first-order valence-electron chi connectivity index (χ1n) is 10.2. The van der Waals surface area contributed by atoms with Gasteiger partial charge in [0.25, 0.3) is 0 Å². The number of ether oxygens (including phenoxy) is 1. The average molecular weight is 382 g/mol. The van der Waals surface area contributed by atoms with E-state index in [9.17, 15) is 9.59 Å². The Labute approximate surface area is 168 Å². The van der Waals surface area contributed by atoms with Gasteiger partial charge in [-0.25, -0.2) is 4.79 Å². The Morgan fingerprint density at radius 2 is 1.86 bits per heavy atom. The van der Waals surface area contributed by atoms with Crippen molar-refractivity contribution in [1.29, 1.82) is 0 Å². The summed E-state index contributed by atoms with van der Waals surface area (Å²) in [4.78, 5) is 26.0. The zero-order valence-corrected chi connectivity index (χ0v) is 17.8. The van der Waals surface area contributed by atoms with E-state index in [0.29, 0.717) is 24.5 Å². The highest BCUT2D eigenvalue weighted by molar-refractivity contribution is 6.04. The second-order valence-corrected chi connectivity index (χ2v) is 8.97. The van der Waals surface area contributed by atoms with E-state index in [0.717, 1.165) is 29.0 Å². The maximum Gasteiger partial charge on any atom is 0.336 e. The molecule has 0 radical (unpaired) electrons. The highest BCUT2D eigenvalue weighted by Crippen LogP contribution is 2.46. The molecule has 1 N–H and O–H groups in total. The number of carbonyl (C=O) groups is 2. The molecule has 0 bridgehead atoms. The van der Waals surface area contributed by atoms with Gasteiger partial charge in [-0.05, 0) is 42.7 Å². The lowest BCUT2D eigenvalue weighted by Crippen LogP contribution is -2.38. The van der Waals surface area contributed by atoms with Crippen LogP contribution in [0.3, 0.4) is 0 Å². The Hall–Kier alpha value is -2.36. The first kappa shape index (κ1) is 20.4. The Morgan fingerprint density at radius 1 is 1.21 bits per heavy atom. The van der Waals surface area contributed by atoms with E-state index in [-0.39, 0.29) is 23.1 Å². The van der Waals surface area contributed by atoms with Gasteiger partial charge in [0, 0.05) is 29.3 Å². The summed E-state index contributed by atoms with van der Waals surface area (Å²) >= 11 is 0. The molecular formula is C24H31NO3. The molecule has 0 saturated carbocycles. The molecule has 0 amide bonds. The molecule has 1 atom stereocenters. The highest BCUT2D eigenvalue weighted by atomic mass is 16.5. The van der Waals surface area contributed by atoms with Gasteiger partial charge in [0.15, 0.2) is 5.78 Å². The molecule has 0 unspecified atom stereocenters. The Kier molecular flexibility index (Phi) is 5.51. The number of Topliss-reactive ketones (excluding diaryl/α,β-unsaturated/α-hetero) is 1. The first-order chi connectivity index (χ1) is 13.1. The standard InChI is InChI=1S/C24H31NO3/c1-7-28-23(27)20-15(4)25-18-12-24(5,6)13-19(26)22(18)21(20)17-10-8-16(9-11-17)14(2)3/h8-11,14,21,25H,7,12-13H2,1-6H3/t21-/m0/s1. The number of rotatable bonds is 4. The van der Waals surface area contributed by atoms with E-state index in [2.05, 4.69) is 57.3 Å². The van der Waals surface area contributed by atoms with Gasteiger partial charge in [-0.3, -0.25) is 4.79 Å². The van der Waals surface area contributed by atoms with Gasteiger partial charge in [-0.15, -0.1) is 0 Å². The maximum atomic E-state index is 13.2. The number of benzene rings is 1. The summed E-state index contributed by atoms with van der Waals surface area (Å²) in [6.07, 6.45) is 1.28. The van der Waals surface area contributed by atoms with E-state index >= 15 is 0 Å². The summed E-state index contributed by atoms with van der Waals surface area (Å²) in [5.41, 5.74) is 5.12. The second-order valence-electron chi connectivity index (χ2n) is 8.97. The topological polar surface area (TPSA) is 55.4 Å². The largest absolute Gasteiger partial charge is 0.463 e. The number of hydrogen-bond donors (Lipinski definition) is 1. The lowest BCUT2D eigenvalue weighted by molar-refractivity contribution is -0.138. The molecule has 1 aromatic rings. The SMILES string of the molecule is CCOC(=O)C1=C(C)NC2=C(C(=O)CC(C)(C)C2)[C@H]1c1ccc(C(C)C)cc1. The number of nitrogens with one attached hydrogen (secondary N) is 1. The molecule has 28 heavy (non-hydrogen) atoms. The summed E-state index contributed by atoms with van der Waals surface area (Å²) in [5.74, 6) is -0.184. The van der Waals surface area contributed by atoms with Crippen molar-refractivity contribution < 1.29 is 14.3 Å². The van der Waals surface area contributed by atoms with Crippen molar-refractivity contribution in [2.75, 3.05) is 6.61 Å². The van der Waals surface area contributed by atoms with Gasteiger partial charge in [0.2, 0.25) is 0 Å². The number of dihydropyridines is 1. The molecule has 4 nitrogen and oxygen atoms in total. The number of allylic oxidation sites excluding steroid dienone is 3. The van der Waals surface area contributed by atoms with Crippen LogP contribution in [0.1, 0.15) is 77.3 Å². The zero-order chi connectivity index (χ0) is 20.6. The first-order valence-corrected chi connectivity index (χ1v) is 10.2. The summed E-state index contributed by atoms with van der Waals surface area (Å²) in [6.45, 7) is 12.5. The molecule has 3 rings (SSSR count). The van der Waals surface area contributed by atoms with E-state index in [1.807, 2.05) is 6.92 Å². The fraction of sp³-hybridized carbons (Fsp3) is 0.500. The number of esters is 1. The fourth-order valence-corrected chi connectivity index (χ4v) is 4.32. The van der Waals surface area contributed by atoms with Gasteiger partial charge in [-0.2, -0.15) is 0 Å². The molecule has 0 fully saturated rings. The molecule has 4 heteroatoms. The van der Waals surface area contributed by atoms with Crippen LogP contribution < -0.4 is 5.32 Å². The normalized spacial score (nSPS) is 21.5. The minimum absolute atomic E-state index is 0.0866. The van der Waals surface area contributed by atoms with Crippen LogP contribution in [0.5, 0.6) is 0 Å². The van der Waals surface area contributed by atoms with E-state index in [1.54, 1.807) is 6.92 Å². The maximum absolute atomic E-state index is 13.2. The quantitative estimate of drug-likeness (QED) is 0.748. The predicted molar refractivity (Wildman–Crippen MR) is 111 cm³/mol. The van der Waals surface area contributed by atoms with Crippen LogP contribution in [-0.2, 0) is 14.3 Å². The highest BCUT2D eigenvalue weighted by Gasteiger charge is 2.43. The second kappa shape index (κ2) is 7.57. The Balaban J connectivity index is 2.14. The average Bonchev–Trinajstić information content (AvgIpc) is 2.59. The van der Waals surface area contributed by atoms with Crippen molar-refractivity contribution in [1.82, 2.24) is 5.32 Å². The van der Waals surface area contributed by atoms with Crippen LogP contribution in [0.25, 0.3) is 0 Å². The predicted octanol–water partition coefficient (Wildman–Crippen LogP) is 4.98. The summed E-state index contributed by atoms with van der Waals surface area (Å²) in [7, 11) is 0. The van der Waals surface area contributed by atoms with Crippen LogP contribution in [0.4, 0.5) is 0 Å². The van der Waals surface area contributed by atoms with Gasteiger partial charge in [-0.1, -0.05) is 52.0 Å². The number of hydrogen-bond acceptors (Lipinski definition) is 4. The fourth-order valence-electron chi connectivity index (χ4n) is 4.32. The van der Waals surface area contributed by atoms with Crippen molar-refractivity contribution in [2.45, 2.75) is 66.2 Å². The summed E-state index contributed by atoms with van der Waals surface area (Å²) < 4.78 is 5.35. The number of carbonyl (C=O) groups excluding carboxylic acids is 2. The Morgan fingerprint density at radius 3 is 2.43 bits per heavy atom. The molecule has 1 aliphatic heterocycles. The van der Waals surface area contributed by atoms with Crippen LogP contribution in [0.2, 0.25) is 0 Å². The Bertz CT molecular complexity index is 856. The van der Waals surface area contributed by atoms with Crippen molar-refractivity contribution in [2.24, 2.45) is 5.41 Å². The van der Waals surface area contributed by atoms with Crippen LogP contribution in [-0.4, -0.2) is 18.4 Å². The van der Waals surface area contributed by atoms with Gasteiger partial charge < -0.3 is 10.1 Å². The molecule has 0 spiro atoms. The smallest absolute Gasteiger partial charge is 0.336 e. The third-order valence-electron chi connectivity index (χ3n) is 5.67. The van der Waals surface area contributed by atoms with Crippen molar-refractivity contribution in [3.63, 3.8) is 0 Å². The monoisotopic (exact) mass is 381 g/mol. The van der Waals surface area contributed by atoms with Crippen LogP contribution in [0, 0.1) is 5.41 Å². The lowest BCUT2D eigenvalue weighted by Gasteiger charge is -2.39. The van der Waals surface area contributed by atoms with Gasteiger partial charge >= 0.3 is 5.97 Å². The minimum Gasteiger partial charge on any atom is -0.463 e. The van der Waals surface area contributed by atoms with Crippen molar-refractivity contribution >= 4 is 11.8 Å². The van der Waals surface area contributed by atoms with Gasteiger partial charge in [0.05, 0.1) is 12.2 Å². The van der Waals surface area contributed by atoms with E-state index < -0.39 is 0 Å². The molecule has 1 aliphatic carbocycles. The summed E-state index contributed by atoms with van der Waals surface area (Å²) in [5, 5.41) is 3.36. The molecule has 1 heterocycles. The van der Waals surface area contributed by atoms with Crippen LogP contribution in [0.15, 0.2) is 46.8 Å². The third kappa shape index (κ3) is 3.78. The van der Waals surface area contributed by atoms with E-state index in [1.165, 1.54) is 5.56 Å². The zero-order valence-electron chi connectivity index (χ0n) is 17.8. The van der Waals surface area contributed by atoms with Gasteiger partial charge in [0.1, 0.15) is 0 Å². The molecule has 2 aliphatic rings. The molecule has 150 valence electrons. The van der Waals surface area contributed by atoms with Crippen molar-refractivity contribution in [3.05, 3.63) is 57.9 Å². The van der Waals surface area contributed by atoms with E-state index in [4.69, 9.17) is 4.74 Å². The minimum atomic E-state index is -0.375. The summed E-state index contributed by atoms with van der Waals surface area (Å²) in [6, 6.07) is 8.29. The molecular weight excluding hydrogens is 350 g/mol. The number of ketones is 1. The third-order valence-corrected chi connectivity index (χ3v) is 5.67. The van der Waals surface area contributed by atoms with Crippen LogP contribution >= 0.6 is 0 Å². The molecule has 0 saturated heterocycles. The molecule has 0 aromatic heterocycles. The lowest BCUT2D eigenvalue weighted by atomic mass is 9.68. The van der Waals surface area contributed by atoms with Crippen molar-refractivity contribution in [3.8, 4) is 0 Å². The molecule has 1 aromatic carbocycles.